The van der Waals surface area contributed by atoms with Gasteiger partial charge in [-0.2, -0.15) is 0 Å². The number of pyridine rings is 1. The summed E-state index contributed by atoms with van der Waals surface area (Å²) in [4.78, 5) is 23.4. The Kier molecular flexibility index (Phi) is 3.77. The third kappa shape index (κ3) is 3.43. The van der Waals surface area contributed by atoms with Crippen molar-refractivity contribution in [2.24, 2.45) is 0 Å². The molecule has 1 aromatic rings. The summed E-state index contributed by atoms with van der Waals surface area (Å²) in [6, 6.07) is 0.255. The maximum atomic E-state index is 12.1. The Bertz CT molecular complexity index is 530. The van der Waals surface area contributed by atoms with E-state index >= 15 is 0 Å². The Hall–Kier alpha value is -2.59. The molecule has 1 aromatic heterocycles. The van der Waals surface area contributed by atoms with Crippen molar-refractivity contribution >= 4 is 11.8 Å². The number of aromatic hydroxyl groups is 1. The van der Waals surface area contributed by atoms with E-state index in [1.54, 1.807) is 0 Å². The Morgan fingerprint density at radius 2 is 2.11 bits per heavy atom. The number of carbonyl (C=O) groups excluding carboxylic acids is 1. The van der Waals surface area contributed by atoms with Gasteiger partial charge in [-0.1, -0.05) is 0 Å². The van der Waals surface area contributed by atoms with Crippen LogP contribution in [0.15, 0.2) is 6.07 Å². The molecule has 1 N–H and O–H groups in total. The molecule has 11 heteroatoms. The zero-order chi connectivity index (χ0) is 14.8. The lowest BCUT2D eigenvalue weighted by Crippen LogP contribution is -2.20. The molecule has 104 valence electrons. The van der Waals surface area contributed by atoms with E-state index in [4.69, 9.17) is 5.11 Å². The molecule has 0 bridgehead atoms. The smallest absolute Gasteiger partial charge is 0.501 e. The minimum Gasteiger partial charge on any atom is -0.501 e. The van der Waals surface area contributed by atoms with E-state index in [0.717, 1.165) is 7.11 Å². The zero-order valence-corrected chi connectivity index (χ0v) is 9.09. The van der Waals surface area contributed by atoms with Gasteiger partial charge in [0.1, 0.15) is 0 Å². The number of hydrogen-bond donors (Lipinski definition) is 1. The number of carbonyl (C=O) groups is 1. The van der Waals surface area contributed by atoms with Crippen LogP contribution in [0.25, 0.3) is 0 Å². The summed E-state index contributed by atoms with van der Waals surface area (Å²) in [7, 11) is 0.833. The van der Waals surface area contributed by atoms with Gasteiger partial charge in [-0.3, -0.25) is 0 Å². The van der Waals surface area contributed by atoms with Crippen LogP contribution < -0.4 is 4.74 Å². The van der Waals surface area contributed by atoms with Gasteiger partial charge in [0, 0.05) is 6.07 Å². The predicted molar refractivity (Wildman–Crippen MR) is 50.6 cm³/mol. The molecule has 0 aliphatic carbocycles. The third-order valence-electron chi connectivity index (χ3n) is 1.73. The largest absolute Gasteiger partial charge is 0.573 e. The van der Waals surface area contributed by atoms with Gasteiger partial charge in [0.25, 0.3) is 0 Å². The number of ether oxygens (including phenoxy) is 2. The second kappa shape index (κ2) is 4.96. The Balaban J connectivity index is 3.40. The fourth-order valence-electron chi connectivity index (χ4n) is 1.06. The third-order valence-corrected chi connectivity index (χ3v) is 1.73. The van der Waals surface area contributed by atoms with E-state index < -0.39 is 40.3 Å². The second-order valence-corrected chi connectivity index (χ2v) is 2.97. The molecule has 0 fully saturated rings. The van der Waals surface area contributed by atoms with Crippen molar-refractivity contribution < 1.29 is 37.5 Å². The summed E-state index contributed by atoms with van der Waals surface area (Å²) in [6.45, 7) is 0. The molecule has 0 aliphatic rings. The molecule has 1 heterocycles. The van der Waals surface area contributed by atoms with Crippen molar-refractivity contribution in [3.05, 3.63) is 21.9 Å². The average molecular weight is 282 g/mol. The quantitative estimate of drug-likeness (QED) is 0.506. The first-order chi connectivity index (χ1) is 8.65. The summed E-state index contributed by atoms with van der Waals surface area (Å²) in [6.07, 6.45) is -5.17. The molecular formula is C8H5F3N2O6. The maximum absolute atomic E-state index is 12.1. The summed E-state index contributed by atoms with van der Waals surface area (Å²) in [5.41, 5.74) is -1.08. The van der Waals surface area contributed by atoms with Crippen molar-refractivity contribution in [2.45, 2.75) is 6.36 Å². The number of nitrogens with zero attached hydrogens (tertiary/aromatic N) is 2. The van der Waals surface area contributed by atoms with Gasteiger partial charge in [0.2, 0.25) is 5.75 Å². The van der Waals surface area contributed by atoms with Crippen LogP contribution >= 0.6 is 0 Å². The minimum atomic E-state index is -5.17. The van der Waals surface area contributed by atoms with Crippen LogP contribution in [-0.4, -0.2) is 34.5 Å². The SMILES string of the molecule is COC(=O)c1nc([N+](=O)[O-])c(O)cc1OC(F)(F)F. The fourth-order valence-corrected chi connectivity index (χ4v) is 1.06. The monoisotopic (exact) mass is 282 g/mol. The first-order valence-corrected chi connectivity index (χ1v) is 4.38. The van der Waals surface area contributed by atoms with Crippen molar-refractivity contribution in [3.8, 4) is 11.5 Å². The van der Waals surface area contributed by atoms with Gasteiger partial charge in [0.15, 0.2) is 5.75 Å². The van der Waals surface area contributed by atoms with Gasteiger partial charge in [-0.15, -0.1) is 13.2 Å². The molecule has 0 aliphatic heterocycles. The van der Waals surface area contributed by atoms with Crippen molar-refractivity contribution in [3.63, 3.8) is 0 Å². The highest BCUT2D eigenvalue weighted by Gasteiger charge is 2.37. The maximum Gasteiger partial charge on any atom is 0.573 e. The van der Waals surface area contributed by atoms with Crippen LogP contribution in [-0.2, 0) is 4.74 Å². The van der Waals surface area contributed by atoms with Gasteiger partial charge < -0.3 is 24.7 Å². The Labute approximate surface area is 102 Å². The van der Waals surface area contributed by atoms with E-state index in [1.165, 1.54) is 0 Å². The van der Waals surface area contributed by atoms with Crippen LogP contribution in [0.1, 0.15) is 10.5 Å². The van der Waals surface area contributed by atoms with Gasteiger partial charge >= 0.3 is 23.8 Å². The molecule has 0 atom stereocenters. The molecule has 1 rings (SSSR count). The van der Waals surface area contributed by atoms with E-state index in [-0.39, 0.29) is 6.07 Å². The topological polar surface area (TPSA) is 112 Å². The fraction of sp³-hybridized carbons (Fsp3) is 0.250. The van der Waals surface area contributed by atoms with Crippen molar-refractivity contribution in [1.29, 1.82) is 0 Å². The number of rotatable bonds is 3. The number of esters is 1. The highest BCUT2D eigenvalue weighted by atomic mass is 19.4. The standard InChI is InChI=1S/C8H5F3N2O6/c1-18-7(15)5-4(19-8(9,10)11)2-3(14)6(12-5)13(16)17/h2,14H,1H3. The van der Waals surface area contributed by atoms with Gasteiger partial charge in [-0.25, -0.2) is 4.79 Å². The Morgan fingerprint density at radius 1 is 1.53 bits per heavy atom. The summed E-state index contributed by atoms with van der Waals surface area (Å²) in [5.74, 6) is -4.98. The Morgan fingerprint density at radius 3 is 2.53 bits per heavy atom. The molecule has 0 amide bonds. The van der Waals surface area contributed by atoms with Crippen molar-refractivity contribution in [1.82, 2.24) is 4.98 Å². The molecule has 0 radical (unpaired) electrons. The highest BCUT2D eigenvalue weighted by Crippen LogP contribution is 2.33. The lowest BCUT2D eigenvalue weighted by atomic mass is 10.3. The zero-order valence-electron chi connectivity index (χ0n) is 9.09. The van der Waals surface area contributed by atoms with Crippen LogP contribution in [0.5, 0.6) is 11.5 Å². The first-order valence-electron chi connectivity index (χ1n) is 4.38. The van der Waals surface area contributed by atoms with E-state index in [0.29, 0.717) is 0 Å². The average Bonchev–Trinajstić information content (AvgIpc) is 2.25. The number of methoxy groups -OCH3 is 1. The van der Waals surface area contributed by atoms with Crippen molar-refractivity contribution in [2.75, 3.05) is 7.11 Å². The number of halogens is 3. The van der Waals surface area contributed by atoms with Crippen LogP contribution in [0, 0.1) is 10.1 Å². The summed E-state index contributed by atoms with van der Waals surface area (Å²) in [5, 5.41) is 19.6. The van der Waals surface area contributed by atoms with Crippen LogP contribution in [0.3, 0.4) is 0 Å². The van der Waals surface area contributed by atoms with Gasteiger partial charge in [0.05, 0.1) is 7.11 Å². The number of alkyl halides is 3. The summed E-state index contributed by atoms with van der Waals surface area (Å²) < 4.78 is 43.7. The molecule has 19 heavy (non-hydrogen) atoms. The first kappa shape index (κ1) is 14.5. The second-order valence-electron chi connectivity index (χ2n) is 2.97. The normalized spacial score (nSPS) is 10.9. The number of nitro groups is 1. The molecular weight excluding hydrogens is 277 g/mol. The lowest BCUT2D eigenvalue weighted by molar-refractivity contribution is -0.390. The predicted octanol–water partition coefficient (Wildman–Crippen LogP) is 1.38. The molecule has 0 spiro atoms. The lowest BCUT2D eigenvalue weighted by Gasteiger charge is -2.09. The van der Waals surface area contributed by atoms with Crippen LogP contribution in [0.4, 0.5) is 19.0 Å². The number of aromatic nitrogens is 1. The molecule has 8 nitrogen and oxygen atoms in total. The molecule has 0 aromatic carbocycles. The molecule has 0 saturated heterocycles. The molecule has 0 saturated carbocycles. The minimum absolute atomic E-state index is 0.255. The van der Waals surface area contributed by atoms with E-state index in [9.17, 15) is 28.1 Å². The summed E-state index contributed by atoms with van der Waals surface area (Å²) >= 11 is 0. The van der Waals surface area contributed by atoms with E-state index in [2.05, 4.69) is 14.5 Å². The van der Waals surface area contributed by atoms with E-state index in [1.807, 2.05) is 0 Å². The highest BCUT2D eigenvalue weighted by molar-refractivity contribution is 5.91. The molecule has 0 unspecified atom stereocenters. The van der Waals surface area contributed by atoms with Crippen LogP contribution in [0.2, 0.25) is 0 Å². The number of hydrogen-bond acceptors (Lipinski definition) is 7. The van der Waals surface area contributed by atoms with Gasteiger partial charge in [-0.05, 0) is 9.91 Å².